The van der Waals surface area contributed by atoms with Crippen LogP contribution in [0, 0.1) is 5.92 Å². The minimum atomic E-state index is -3.75. The van der Waals surface area contributed by atoms with E-state index in [4.69, 9.17) is 0 Å². The first-order valence-corrected chi connectivity index (χ1v) is 13.9. The summed E-state index contributed by atoms with van der Waals surface area (Å²) in [6, 6.07) is 13.3. The highest BCUT2D eigenvalue weighted by Crippen LogP contribution is 2.23. The van der Waals surface area contributed by atoms with Crippen molar-refractivity contribution in [2.24, 2.45) is 5.92 Å². The molecule has 0 aliphatic rings. The summed E-state index contributed by atoms with van der Waals surface area (Å²) in [6.07, 6.45) is 1.05. The Labute approximate surface area is 212 Å². The van der Waals surface area contributed by atoms with Gasteiger partial charge in [0.1, 0.15) is 12.6 Å². The summed E-state index contributed by atoms with van der Waals surface area (Å²) in [5, 5.41) is 2.86. The van der Waals surface area contributed by atoms with Gasteiger partial charge >= 0.3 is 0 Å². The van der Waals surface area contributed by atoms with Crippen molar-refractivity contribution in [3.63, 3.8) is 0 Å². The molecule has 7 nitrogen and oxygen atoms in total. The number of nitrogens with one attached hydrogen (secondary N) is 1. The molecule has 0 heterocycles. The molecule has 0 saturated carbocycles. The molecule has 0 bridgehead atoms. The summed E-state index contributed by atoms with van der Waals surface area (Å²) in [4.78, 5) is 27.6. The zero-order chi connectivity index (χ0) is 24.8. The molecule has 180 valence electrons. The van der Waals surface area contributed by atoms with Crippen LogP contribution in [0.15, 0.2) is 57.5 Å². The number of hydrogen-bond acceptors (Lipinski definition) is 4. The first-order valence-electron chi connectivity index (χ1n) is 10.4. The Morgan fingerprint density at radius 1 is 1.00 bits per heavy atom. The highest BCUT2D eigenvalue weighted by molar-refractivity contribution is 9.10. The number of hydrogen-bond donors (Lipinski definition) is 1. The number of nitrogens with zero attached hydrogens (tertiary/aromatic N) is 2. The van der Waals surface area contributed by atoms with Gasteiger partial charge in [-0.15, -0.1) is 0 Å². The fourth-order valence-corrected chi connectivity index (χ4v) is 4.56. The van der Waals surface area contributed by atoms with E-state index >= 15 is 0 Å². The van der Waals surface area contributed by atoms with Gasteiger partial charge in [-0.1, -0.05) is 63.9 Å². The fourth-order valence-electron chi connectivity index (χ4n) is 3.07. The van der Waals surface area contributed by atoms with E-state index in [1.165, 1.54) is 4.90 Å². The standard InChI is InChI=1S/C23H29Br2N3O4S/c1-16(2)13-26-23(30)17(3)27(14-18-8-10-19(24)11-9-18)22(29)15-28(33(4,31)32)21-7-5-6-20(25)12-21/h5-12,16-17H,13-15H2,1-4H3,(H,26,30)/t17-/m1/s1. The Hall–Kier alpha value is -1.91. The van der Waals surface area contributed by atoms with Crippen LogP contribution in [0.5, 0.6) is 0 Å². The van der Waals surface area contributed by atoms with E-state index in [1.807, 2.05) is 38.1 Å². The van der Waals surface area contributed by atoms with E-state index in [0.717, 1.165) is 20.6 Å². The Bertz CT molecular complexity index is 1080. The van der Waals surface area contributed by atoms with Crippen LogP contribution in [-0.2, 0) is 26.2 Å². The summed E-state index contributed by atoms with van der Waals surface area (Å²) in [5.41, 5.74) is 1.18. The van der Waals surface area contributed by atoms with Gasteiger partial charge in [0, 0.05) is 22.0 Å². The lowest BCUT2D eigenvalue weighted by atomic mass is 10.1. The Morgan fingerprint density at radius 2 is 1.64 bits per heavy atom. The van der Waals surface area contributed by atoms with Crippen LogP contribution in [0.25, 0.3) is 0 Å². The molecular formula is C23H29Br2N3O4S. The van der Waals surface area contributed by atoms with E-state index in [-0.39, 0.29) is 18.4 Å². The third-order valence-corrected chi connectivity index (χ3v) is 7.06. The van der Waals surface area contributed by atoms with E-state index in [1.54, 1.807) is 31.2 Å². The van der Waals surface area contributed by atoms with E-state index in [9.17, 15) is 18.0 Å². The molecule has 0 unspecified atom stereocenters. The molecule has 2 aromatic rings. The second-order valence-electron chi connectivity index (χ2n) is 8.21. The van der Waals surface area contributed by atoms with Crippen LogP contribution in [0.3, 0.4) is 0 Å². The van der Waals surface area contributed by atoms with Crippen molar-refractivity contribution in [1.29, 1.82) is 0 Å². The third kappa shape index (κ3) is 8.42. The normalized spacial score (nSPS) is 12.3. The summed E-state index contributed by atoms with van der Waals surface area (Å²) in [5.74, 6) is -0.507. The van der Waals surface area contributed by atoms with E-state index in [2.05, 4.69) is 37.2 Å². The van der Waals surface area contributed by atoms with Crippen molar-refractivity contribution in [2.75, 3.05) is 23.7 Å². The van der Waals surface area contributed by atoms with Gasteiger partial charge in [-0.25, -0.2) is 8.42 Å². The largest absolute Gasteiger partial charge is 0.354 e. The van der Waals surface area contributed by atoms with Crippen molar-refractivity contribution < 1.29 is 18.0 Å². The first-order chi connectivity index (χ1) is 15.4. The smallest absolute Gasteiger partial charge is 0.244 e. The summed E-state index contributed by atoms with van der Waals surface area (Å²) in [7, 11) is -3.75. The molecule has 33 heavy (non-hydrogen) atoms. The number of carbonyl (C=O) groups is 2. The Kier molecular flexibility index (Phi) is 9.93. The van der Waals surface area contributed by atoms with Gasteiger partial charge < -0.3 is 10.2 Å². The van der Waals surface area contributed by atoms with Crippen molar-refractivity contribution in [3.8, 4) is 0 Å². The molecule has 0 aromatic heterocycles. The summed E-state index contributed by atoms with van der Waals surface area (Å²) in [6.45, 7) is 5.84. The number of anilines is 1. The Balaban J connectivity index is 2.35. The maximum Gasteiger partial charge on any atom is 0.244 e. The average Bonchev–Trinajstić information content (AvgIpc) is 2.73. The molecule has 10 heteroatoms. The van der Waals surface area contributed by atoms with Gasteiger partial charge in [0.15, 0.2) is 0 Å². The quantitative estimate of drug-likeness (QED) is 0.442. The van der Waals surface area contributed by atoms with Crippen molar-refractivity contribution in [3.05, 3.63) is 63.0 Å². The number of carbonyl (C=O) groups excluding carboxylic acids is 2. The predicted molar refractivity (Wildman–Crippen MR) is 138 cm³/mol. The number of halogens is 2. The summed E-state index contributed by atoms with van der Waals surface area (Å²) < 4.78 is 27.7. The molecule has 0 aliphatic carbocycles. The SMILES string of the molecule is CC(C)CNC(=O)[C@@H](C)N(Cc1ccc(Br)cc1)C(=O)CN(c1cccc(Br)c1)S(C)(=O)=O. The van der Waals surface area contributed by atoms with Crippen LogP contribution in [-0.4, -0.2) is 50.5 Å². The van der Waals surface area contributed by atoms with Crippen LogP contribution >= 0.6 is 31.9 Å². The van der Waals surface area contributed by atoms with Crippen molar-refractivity contribution >= 4 is 59.4 Å². The van der Waals surface area contributed by atoms with Gasteiger partial charge in [-0.2, -0.15) is 0 Å². The fraction of sp³-hybridized carbons (Fsp3) is 0.391. The van der Waals surface area contributed by atoms with Crippen molar-refractivity contribution in [2.45, 2.75) is 33.4 Å². The highest BCUT2D eigenvalue weighted by Gasteiger charge is 2.30. The van der Waals surface area contributed by atoms with Gasteiger partial charge in [-0.05, 0) is 48.7 Å². The van der Waals surface area contributed by atoms with E-state index < -0.39 is 28.5 Å². The van der Waals surface area contributed by atoms with Crippen LogP contribution in [0.1, 0.15) is 26.3 Å². The number of rotatable bonds is 10. The minimum absolute atomic E-state index is 0.165. The lowest BCUT2D eigenvalue weighted by Gasteiger charge is -2.31. The zero-order valence-corrected chi connectivity index (χ0v) is 23.1. The lowest BCUT2D eigenvalue weighted by Crippen LogP contribution is -2.51. The second kappa shape index (κ2) is 12.0. The predicted octanol–water partition coefficient (Wildman–Crippen LogP) is 4.17. The topological polar surface area (TPSA) is 86.8 Å². The van der Waals surface area contributed by atoms with Gasteiger partial charge in [0.25, 0.3) is 0 Å². The molecule has 1 atom stereocenters. The van der Waals surface area contributed by atoms with Crippen LogP contribution < -0.4 is 9.62 Å². The maximum atomic E-state index is 13.4. The molecule has 2 amide bonds. The minimum Gasteiger partial charge on any atom is -0.354 e. The van der Waals surface area contributed by atoms with E-state index in [0.29, 0.717) is 16.7 Å². The molecule has 0 aliphatic heterocycles. The summed E-state index contributed by atoms with van der Waals surface area (Å²) >= 11 is 6.73. The second-order valence-corrected chi connectivity index (χ2v) is 12.0. The maximum absolute atomic E-state index is 13.4. The number of benzene rings is 2. The number of amides is 2. The Morgan fingerprint density at radius 3 is 2.18 bits per heavy atom. The van der Waals surface area contributed by atoms with Crippen molar-refractivity contribution in [1.82, 2.24) is 10.2 Å². The molecule has 0 spiro atoms. The highest BCUT2D eigenvalue weighted by atomic mass is 79.9. The van der Waals surface area contributed by atoms with Gasteiger partial charge in [-0.3, -0.25) is 13.9 Å². The molecular weight excluding hydrogens is 574 g/mol. The molecule has 0 saturated heterocycles. The number of sulfonamides is 1. The van der Waals surface area contributed by atoms with Gasteiger partial charge in [0.2, 0.25) is 21.8 Å². The molecule has 2 aromatic carbocycles. The molecule has 0 radical (unpaired) electrons. The first kappa shape index (κ1) is 27.3. The lowest BCUT2D eigenvalue weighted by molar-refractivity contribution is -0.139. The average molecular weight is 603 g/mol. The van der Waals surface area contributed by atoms with Crippen LogP contribution in [0.4, 0.5) is 5.69 Å². The molecule has 1 N–H and O–H groups in total. The molecule has 2 rings (SSSR count). The van der Waals surface area contributed by atoms with Crippen LogP contribution in [0.2, 0.25) is 0 Å². The third-order valence-electron chi connectivity index (χ3n) is 4.89. The zero-order valence-electron chi connectivity index (χ0n) is 19.1. The van der Waals surface area contributed by atoms with Gasteiger partial charge in [0.05, 0.1) is 11.9 Å². The monoisotopic (exact) mass is 601 g/mol. The molecule has 0 fully saturated rings.